The Morgan fingerprint density at radius 2 is 2.17 bits per heavy atom. The number of hydrogen-bond acceptors (Lipinski definition) is 8. The Balaban J connectivity index is 2.13. The van der Waals surface area contributed by atoms with Gasteiger partial charge >= 0.3 is 5.97 Å². The van der Waals surface area contributed by atoms with E-state index in [0.29, 0.717) is 24.9 Å². The maximum Gasteiger partial charge on any atom is 0.310 e. The monoisotopic (exact) mass is 322 g/mol. The summed E-state index contributed by atoms with van der Waals surface area (Å²) >= 11 is 0. The number of carbonyl (C=O) groups excluding carboxylic acids is 1. The van der Waals surface area contributed by atoms with Gasteiger partial charge in [-0.3, -0.25) is 9.69 Å². The molecule has 1 fully saturated rings. The van der Waals surface area contributed by atoms with Crippen molar-refractivity contribution in [2.45, 2.75) is 32.7 Å². The van der Waals surface area contributed by atoms with E-state index in [0.717, 1.165) is 19.4 Å². The Bertz CT molecular complexity index is 551. The van der Waals surface area contributed by atoms with E-state index in [1.54, 1.807) is 4.90 Å². The molecule has 1 saturated heterocycles. The minimum Gasteiger partial charge on any atom is -0.466 e. The number of anilines is 2. The van der Waals surface area contributed by atoms with Crippen molar-refractivity contribution in [3.63, 3.8) is 0 Å². The maximum atomic E-state index is 12.0. The van der Waals surface area contributed by atoms with Crippen LogP contribution < -0.4 is 10.6 Å². The third kappa shape index (κ3) is 4.28. The number of hydrogen-bond donors (Lipinski definition) is 1. The zero-order valence-electron chi connectivity index (χ0n) is 14.3. The van der Waals surface area contributed by atoms with Crippen LogP contribution in [0, 0.1) is 5.92 Å². The Kier molecular flexibility index (Phi) is 5.70. The van der Waals surface area contributed by atoms with Crippen LogP contribution in [0.2, 0.25) is 0 Å². The number of esters is 1. The molecule has 0 saturated carbocycles. The molecule has 1 aromatic rings. The van der Waals surface area contributed by atoms with E-state index in [-0.39, 0.29) is 23.9 Å². The lowest BCUT2D eigenvalue weighted by molar-refractivity contribution is -0.150. The molecule has 2 rings (SSSR count). The lowest BCUT2D eigenvalue weighted by atomic mass is 9.97. The highest BCUT2D eigenvalue weighted by atomic mass is 16.5. The summed E-state index contributed by atoms with van der Waals surface area (Å²) in [6.45, 7) is 5.84. The molecule has 8 nitrogen and oxygen atoms in total. The van der Waals surface area contributed by atoms with Gasteiger partial charge in [0.2, 0.25) is 11.9 Å². The first-order valence-electron chi connectivity index (χ1n) is 8.01. The number of nitrogen functional groups attached to an aromatic ring is 1. The molecule has 0 aliphatic carbocycles. The highest BCUT2D eigenvalue weighted by Gasteiger charge is 2.30. The van der Waals surface area contributed by atoms with Crippen LogP contribution in [-0.2, 0) is 9.53 Å². The molecule has 2 heterocycles. The van der Waals surface area contributed by atoms with Crippen LogP contribution in [0.4, 0.5) is 11.9 Å². The molecule has 23 heavy (non-hydrogen) atoms. The summed E-state index contributed by atoms with van der Waals surface area (Å²) in [6.07, 6.45) is 1.82. The molecule has 0 amide bonds. The predicted molar refractivity (Wildman–Crippen MR) is 87.9 cm³/mol. The molecule has 2 N–H and O–H groups in total. The Morgan fingerprint density at radius 3 is 2.83 bits per heavy atom. The van der Waals surface area contributed by atoms with Crippen molar-refractivity contribution >= 4 is 17.9 Å². The van der Waals surface area contributed by atoms with E-state index >= 15 is 0 Å². The first-order chi connectivity index (χ1) is 10.9. The van der Waals surface area contributed by atoms with Gasteiger partial charge in [0.15, 0.2) is 5.82 Å². The molecule has 1 aromatic heterocycles. The van der Waals surface area contributed by atoms with Crippen molar-refractivity contribution in [2.75, 3.05) is 44.4 Å². The second kappa shape index (κ2) is 7.54. The second-order valence-electron chi connectivity index (χ2n) is 6.01. The summed E-state index contributed by atoms with van der Waals surface area (Å²) in [4.78, 5) is 28.9. The third-order valence-corrected chi connectivity index (χ3v) is 4.05. The molecular formula is C15H26N6O2. The molecular weight excluding hydrogens is 296 g/mol. The largest absolute Gasteiger partial charge is 0.466 e. The van der Waals surface area contributed by atoms with Crippen LogP contribution >= 0.6 is 0 Å². The molecule has 128 valence electrons. The first kappa shape index (κ1) is 17.4. The van der Waals surface area contributed by atoms with Crippen LogP contribution in [0.3, 0.4) is 0 Å². The van der Waals surface area contributed by atoms with Gasteiger partial charge in [-0.25, -0.2) is 0 Å². The smallest absolute Gasteiger partial charge is 0.310 e. The van der Waals surface area contributed by atoms with Crippen molar-refractivity contribution in [1.29, 1.82) is 0 Å². The van der Waals surface area contributed by atoms with Crippen molar-refractivity contribution in [3.8, 4) is 0 Å². The van der Waals surface area contributed by atoms with Gasteiger partial charge in [0.05, 0.1) is 18.6 Å². The fraction of sp³-hybridized carbons (Fsp3) is 0.733. The molecule has 1 aliphatic heterocycles. The Labute approximate surface area is 137 Å². The molecule has 0 aromatic carbocycles. The average Bonchev–Trinajstić information content (AvgIpc) is 2.54. The quantitative estimate of drug-likeness (QED) is 0.797. The fourth-order valence-corrected chi connectivity index (χ4v) is 2.76. The summed E-state index contributed by atoms with van der Waals surface area (Å²) in [5, 5.41) is 0. The van der Waals surface area contributed by atoms with Crippen molar-refractivity contribution < 1.29 is 9.53 Å². The second-order valence-corrected chi connectivity index (χ2v) is 6.01. The zero-order valence-corrected chi connectivity index (χ0v) is 14.3. The van der Waals surface area contributed by atoms with Gasteiger partial charge < -0.3 is 15.4 Å². The van der Waals surface area contributed by atoms with Gasteiger partial charge in [0, 0.05) is 20.6 Å². The van der Waals surface area contributed by atoms with Crippen molar-refractivity contribution in [3.05, 3.63) is 5.82 Å². The van der Waals surface area contributed by atoms with E-state index < -0.39 is 0 Å². The third-order valence-electron chi connectivity index (χ3n) is 4.05. The Hall–Kier alpha value is -1.96. The molecule has 0 radical (unpaired) electrons. The van der Waals surface area contributed by atoms with E-state index in [1.165, 1.54) is 0 Å². The standard InChI is InChI=1S/C15H26N6O2/c1-5-23-13(22)11-7-6-8-21(9-11)10(2)12-17-14(16)19-15(18-12)20(3)4/h10-11H,5-9H2,1-4H3,(H2,16,17,18,19)/t10-,11-/m1/s1. The van der Waals surface area contributed by atoms with Gasteiger partial charge in [0.25, 0.3) is 0 Å². The summed E-state index contributed by atoms with van der Waals surface area (Å²) < 4.78 is 5.15. The van der Waals surface area contributed by atoms with E-state index in [2.05, 4.69) is 19.9 Å². The van der Waals surface area contributed by atoms with Gasteiger partial charge in [-0.1, -0.05) is 0 Å². The number of aromatic nitrogens is 3. The topological polar surface area (TPSA) is 97.5 Å². The summed E-state index contributed by atoms with van der Waals surface area (Å²) in [5.41, 5.74) is 5.80. The van der Waals surface area contributed by atoms with Gasteiger partial charge in [-0.05, 0) is 33.2 Å². The lowest BCUT2D eigenvalue weighted by Crippen LogP contribution is -2.41. The van der Waals surface area contributed by atoms with Crippen LogP contribution in [0.25, 0.3) is 0 Å². The van der Waals surface area contributed by atoms with Crippen LogP contribution in [0.15, 0.2) is 0 Å². The highest BCUT2D eigenvalue weighted by molar-refractivity contribution is 5.72. The Morgan fingerprint density at radius 1 is 1.43 bits per heavy atom. The van der Waals surface area contributed by atoms with Crippen LogP contribution in [-0.4, -0.2) is 59.6 Å². The molecule has 0 spiro atoms. The fourth-order valence-electron chi connectivity index (χ4n) is 2.76. The summed E-state index contributed by atoms with van der Waals surface area (Å²) in [5.74, 6) is 1.18. The van der Waals surface area contributed by atoms with Crippen LogP contribution in [0.5, 0.6) is 0 Å². The lowest BCUT2D eigenvalue weighted by Gasteiger charge is -2.35. The highest BCUT2D eigenvalue weighted by Crippen LogP contribution is 2.26. The molecule has 0 bridgehead atoms. The van der Waals surface area contributed by atoms with E-state index in [4.69, 9.17) is 10.5 Å². The van der Waals surface area contributed by atoms with Crippen molar-refractivity contribution in [2.24, 2.45) is 5.92 Å². The van der Waals surface area contributed by atoms with Gasteiger partial charge in [-0.2, -0.15) is 15.0 Å². The van der Waals surface area contributed by atoms with Crippen molar-refractivity contribution in [1.82, 2.24) is 19.9 Å². The van der Waals surface area contributed by atoms with Gasteiger partial charge in [0.1, 0.15) is 0 Å². The predicted octanol–water partition coefficient (Wildman–Crippen LogP) is 0.856. The SMILES string of the molecule is CCOC(=O)[C@@H]1CCCN([C@H](C)c2nc(N)nc(N(C)C)n2)C1. The zero-order chi connectivity index (χ0) is 17.0. The number of ether oxygens (including phenoxy) is 1. The number of piperidine rings is 1. The molecule has 8 heteroatoms. The number of nitrogens with two attached hydrogens (primary N) is 1. The van der Waals surface area contributed by atoms with Gasteiger partial charge in [-0.15, -0.1) is 0 Å². The first-order valence-corrected chi connectivity index (χ1v) is 8.01. The number of rotatable bonds is 5. The number of likely N-dealkylation sites (tertiary alicyclic amines) is 1. The molecule has 2 atom stereocenters. The minimum absolute atomic E-state index is 0.0313. The molecule has 0 unspecified atom stereocenters. The van der Waals surface area contributed by atoms with E-state index in [9.17, 15) is 4.79 Å². The summed E-state index contributed by atoms with van der Waals surface area (Å²) in [7, 11) is 3.72. The minimum atomic E-state index is -0.117. The normalized spacial score (nSPS) is 20.1. The summed E-state index contributed by atoms with van der Waals surface area (Å²) in [6, 6.07) is -0.0313. The van der Waals surface area contributed by atoms with E-state index in [1.807, 2.05) is 27.9 Å². The molecule has 1 aliphatic rings. The number of nitrogens with zero attached hydrogens (tertiary/aromatic N) is 5. The number of carbonyl (C=O) groups is 1. The van der Waals surface area contributed by atoms with Crippen LogP contribution in [0.1, 0.15) is 38.6 Å². The average molecular weight is 322 g/mol. The maximum absolute atomic E-state index is 12.0.